The van der Waals surface area contributed by atoms with Crippen molar-refractivity contribution < 1.29 is 5.48 Å². The summed E-state index contributed by atoms with van der Waals surface area (Å²) in [5.74, 6) is 1.04. The summed E-state index contributed by atoms with van der Waals surface area (Å²) in [6.45, 7) is 3.20. The number of nitrogens with zero attached hydrogens (tertiary/aromatic N) is 2. The summed E-state index contributed by atoms with van der Waals surface area (Å²) in [7, 11) is 0. The summed E-state index contributed by atoms with van der Waals surface area (Å²) >= 11 is 0. The van der Waals surface area contributed by atoms with Crippen LogP contribution in [0, 0.1) is 0 Å². The van der Waals surface area contributed by atoms with Crippen molar-refractivity contribution in [2.45, 2.75) is 26.3 Å². The van der Waals surface area contributed by atoms with Gasteiger partial charge in [-0.3, -0.25) is 0 Å². The van der Waals surface area contributed by atoms with Crippen LogP contribution in [0.15, 0.2) is 91.0 Å². The zero-order valence-corrected chi connectivity index (χ0v) is 16.2. The first-order valence-electron chi connectivity index (χ1n) is 9.65. The van der Waals surface area contributed by atoms with Gasteiger partial charge in [0.05, 0.1) is 11.4 Å². The first kappa shape index (κ1) is 19.6. The molecule has 142 valence electrons. The van der Waals surface area contributed by atoms with Crippen molar-refractivity contribution in [2.75, 3.05) is 0 Å². The van der Waals surface area contributed by atoms with E-state index in [0.717, 1.165) is 42.0 Å². The van der Waals surface area contributed by atoms with Crippen LogP contribution in [0.3, 0.4) is 0 Å². The lowest BCUT2D eigenvalue weighted by molar-refractivity contribution is 0.641. The largest absolute Gasteiger partial charge is 0.412 e. The van der Waals surface area contributed by atoms with Gasteiger partial charge in [-0.25, -0.2) is 4.98 Å². The Bertz CT molecular complexity index is 993. The molecule has 28 heavy (non-hydrogen) atoms. The number of unbranched alkanes of at least 4 members (excludes halogenated alkanes) is 1. The average Bonchev–Trinajstić information content (AvgIpc) is 3.13. The topological polar surface area (TPSA) is 49.3 Å². The number of imidazole rings is 1. The van der Waals surface area contributed by atoms with Crippen molar-refractivity contribution in [3.8, 4) is 33.9 Å². The highest BCUT2D eigenvalue weighted by Crippen LogP contribution is 2.36. The molecule has 3 heteroatoms. The maximum absolute atomic E-state index is 5.14. The molecule has 4 rings (SSSR count). The zero-order chi connectivity index (χ0) is 18.5. The highest BCUT2D eigenvalue weighted by atomic mass is 16.0. The molecule has 0 amide bonds. The van der Waals surface area contributed by atoms with E-state index in [0.29, 0.717) is 0 Å². The molecule has 3 nitrogen and oxygen atoms in total. The molecule has 0 unspecified atom stereocenters. The van der Waals surface area contributed by atoms with Crippen LogP contribution in [-0.2, 0) is 6.54 Å². The maximum atomic E-state index is 5.14. The molecule has 0 bridgehead atoms. The van der Waals surface area contributed by atoms with Gasteiger partial charge in [0.1, 0.15) is 5.82 Å². The van der Waals surface area contributed by atoms with Crippen molar-refractivity contribution in [3.05, 3.63) is 91.0 Å². The predicted molar refractivity (Wildman–Crippen MR) is 117 cm³/mol. The van der Waals surface area contributed by atoms with E-state index in [-0.39, 0.29) is 5.48 Å². The van der Waals surface area contributed by atoms with Crippen molar-refractivity contribution in [3.63, 3.8) is 0 Å². The van der Waals surface area contributed by atoms with E-state index in [1.54, 1.807) is 0 Å². The molecule has 1 heterocycles. The molecule has 0 radical (unpaired) electrons. The van der Waals surface area contributed by atoms with E-state index in [1.165, 1.54) is 11.3 Å². The van der Waals surface area contributed by atoms with Gasteiger partial charge in [-0.05, 0) is 6.42 Å². The van der Waals surface area contributed by atoms with Crippen LogP contribution in [0.25, 0.3) is 33.9 Å². The first-order valence-corrected chi connectivity index (χ1v) is 9.65. The predicted octanol–water partition coefficient (Wildman–Crippen LogP) is 5.86. The van der Waals surface area contributed by atoms with Crippen molar-refractivity contribution in [2.24, 2.45) is 0 Å². The zero-order valence-electron chi connectivity index (χ0n) is 16.2. The van der Waals surface area contributed by atoms with Crippen molar-refractivity contribution >= 4 is 0 Å². The van der Waals surface area contributed by atoms with Gasteiger partial charge >= 0.3 is 0 Å². The standard InChI is InChI=1S/C25H24N2.H2O/c1-2-3-19-27-24(21-15-9-5-10-16-21)23(20-13-7-4-8-14-20)26-25(27)22-17-11-6-12-18-22;/h4-18H,2-3,19H2,1H3;1H2. The lowest BCUT2D eigenvalue weighted by atomic mass is 10.0. The molecule has 0 saturated carbocycles. The maximum Gasteiger partial charge on any atom is 0.141 e. The van der Waals surface area contributed by atoms with E-state index < -0.39 is 0 Å². The van der Waals surface area contributed by atoms with Gasteiger partial charge < -0.3 is 10.0 Å². The Balaban J connectivity index is 0.00000225. The molecule has 0 fully saturated rings. The fraction of sp³-hybridized carbons (Fsp3) is 0.160. The molecule has 0 spiro atoms. The number of benzene rings is 3. The minimum absolute atomic E-state index is 0. The van der Waals surface area contributed by atoms with Crippen molar-refractivity contribution in [1.29, 1.82) is 0 Å². The van der Waals surface area contributed by atoms with E-state index in [4.69, 9.17) is 4.98 Å². The molecule has 0 atom stereocenters. The third-order valence-corrected chi connectivity index (χ3v) is 4.83. The number of rotatable bonds is 6. The average molecular weight is 370 g/mol. The summed E-state index contributed by atoms with van der Waals surface area (Å²) in [5, 5.41) is 0. The smallest absolute Gasteiger partial charge is 0.141 e. The molecular formula is C25H26N2O. The Morgan fingerprint density at radius 2 is 1.18 bits per heavy atom. The summed E-state index contributed by atoms with van der Waals surface area (Å²) in [6.07, 6.45) is 2.28. The number of hydrogen-bond acceptors (Lipinski definition) is 1. The summed E-state index contributed by atoms with van der Waals surface area (Å²) < 4.78 is 2.40. The third kappa shape index (κ3) is 3.90. The van der Waals surface area contributed by atoms with Crippen LogP contribution in [0.5, 0.6) is 0 Å². The van der Waals surface area contributed by atoms with Crippen LogP contribution in [0.1, 0.15) is 19.8 Å². The van der Waals surface area contributed by atoms with Gasteiger partial charge in [0.2, 0.25) is 0 Å². The fourth-order valence-electron chi connectivity index (χ4n) is 3.48. The monoisotopic (exact) mass is 370 g/mol. The van der Waals surface area contributed by atoms with Gasteiger partial charge in [0.15, 0.2) is 0 Å². The van der Waals surface area contributed by atoms with E-state index >= 15 is 0 Å². The summed E-state index contributed by atoms with van der Waals surface area (Å²) in [6, 6.07) is 31.7. The van der Waals surface area contributed by atoms with Gasteiger partial charge in [0.25, 0.3) is 0 Å². The van der Waals surface area contributed by atoms with Crippen LogP contribution in [0.4, 0.5) is 0 Å². The van der Waals surface area contributed by atoms with Crippen molar-refractivity contribution in [1.82, 2.24) is 9.55 Å². The quantitative estimate of drug-likeness (QED) is 0.419. The Hall–Kier alpha value is -3.17. The van der Waals surface area contributed by atoms with Gasteiger partial charge in [-0.15, -0.1) is 0 Å². The Labute approximate surface area is 166 Å². The minimum Gasteiger partial charge on any atom is -0.412 e. The molecule has 4 aromatic rings. The van der Waals surface area contributed by atoms with Crippen LogP contribution in [-0.4, -0.2) is 15.0 Å². The van der Waals surface area contributed by atoms with E-state index in [9.17, 15) is 0 Å². The lowest BCUT2D eigenvalue weighted by Crippen LogP contribution is -2.03. The lowest BCUT2D eigenvalue weighted by Gasteiger charge is -2.13. The molecule has 0 aliphatic rings. The second-order valence-corrected chi connectivity index (χ2v) is 6.74. The Morgan fingerprint density at radius 3 is 1.71 bits per heavy atom. The molecule has 0 aliphatic carbocycles. The Kier molecular flexibility index (Phi) is 6.41. The second-order valence-electron chi connectivity index (χ2n) is 6.74. The second kappa shape index (κ2) is 9.16. The third-order valence-electron chi connectivity index (χ3n) is 4.83. The highest BCUT2D eigenvalue weighted by molar-refractivity contribution is 5.82. The molecule has 0 aliphatic heterocycles. The fourth-order valence-corrected chi connectivity index (χ4v) is 3.48. The van der Waals surface area contributed by atoms with Crippen LogP contribution >= 0.6 is 0 Å². The highest BCUT2D eigenvalue weighted by Gasteiger charge is 2.20. The number of aromatic nitrogens is 2. The van der Waals surface area contributed by atoms with Crippen LogP contribution in [0.2, 0.25) is 0 Å². The van der Waals surface area contributed by atoms with Gasteiger partial charge in [-0.2, -0.15) is 0 Å². The van der Waals surface area contributed by atoms with E-state index in [2.05, 4.69) is 102 Å². The van der Waals surface area contributed by atoms with Crippen LogP contribution < -0.4 is 0 Å². The SMILES string of the molecule is CCCCn1c(-c2ccccc2)nc(-c2ccccc2)c1-c1ccccc1.O. The molecule has 0 saturated heterocycles. The van der Waals surface area contributed by atoms with Gasteiger partial charge in [0, 0.05) is 23.2 Å². The summed E-state index contributed by atoms with van der Waals surface area (Å²) in [4.78, 5) is 5.14. The number of hydrogen-bond donors (Lipinski definition) is 0. The summed E-state index contributed by atoms with van der Waals surface area (Å²) in [5.41, 5.74) is 5.78. The molecule has 2 N–H and O–H groups in total. The first-order chi connectivity index (χ1) is 13.4. The minimum atomic E-state index is 0. The molecule has 3 aromatic carbocycles. The van der Waals surface area contributed by atoms with E-state index in [1.807, 2.05) is 0 Å². The molecule has 1 aromatic heterocycles. The molecular weight excluding hydrogens is 344 g/mol. The van der Waals surface area contributed by atoms with Gasteiger partial charge in [-0.1, -0.05) is 104 Å². The normalized spacial score (nSPS) is 10.5. The Morgan fingerprint density at radius 1 is 0.679 bits per heavy atom.